The molecule has 1 aliphatic rings. The maximum absolute atomic E-state index is 12.4. The zero-order chi connectivity index (χ0) is 14.6. The number of hydrogen-bond acceptors (Lipinski definition) is 1. The molecule has 19 heavy (non-hydrogen) atoms. The zero-order valence-electron chi connectivity index (χ0n) is 12.6. The van der Waals surface area contributed by atoms with Gasteiger partial charge < -0.3 is 4.90 Å². The first-order valence-electron chi connectivity index (χ1n) is 7.01. The molecule has 0 saturated heterocycles. The van der Waals surface area contributed by atoms with E-state index in [1.807, 2.05) is 6.92 Å². The molecule has 0 fully saturated rings. The van der Waals surface area contributed by atoms with Gasteiger partial charge in [-0.25, -0.2) is 0 Å². The molecule has 2 atom stereocenters. The van der Waals surface area contributed by atoms with Gasteiger partial charge in [0, 0.05) is 19.0 Å². The average molecular weight is 284 g/mol. The fourth-order valence-electron chi connectivity index (χ4n) is 3.02. The van der Waals surface area contributed by atoms with Gasteiger partial charge in [-0.2, -0.15) is 0 Å². The highest BCUT2D eigenvalue weighted by molar-refractivity contribution is 6.31. The standard InChI is InChI=1S/C16H26ClNO/c1-6-8-18(7-2)15(19)14(17)13-9-12(3)10-16(4,5)11-13/h6,9,13-14H,1,7-8,10-11H2,2-5H3. The van der Waals surface area contributed by atoms with Crippen LogP contribution in [-0.2, 0) is 4.79 Å². The van der Waals surface area contributed by atoms with E-state index in [0.29, 0.717) is 13.1 Å². The number of rotatable bonds is 5. The second-order valence-corrected chi connectivity index (χ2v) is 6.76. The van der Waals surface area contributed by atoms with Crippen molar-refractivity contribution in [1.29, 1.82) is 0 Å². The van der Waals surface area contributed by atoms with Crippen LogP contribution in [0.2, 0.25) is 0 Å². The van der Waals surface area contributed by atoms with Crippen LogP contribution in [0.1, 0.15) is 40.5 Å². The van der Waals surface area contributed by atoms with Crippen molar-refractivity contribution < 1.29 is 4.79 Å². The molecule has 1 amide bonds. The third-order valence-electron chi connectivity index (χ3n) is 3.70. The highest BCUT2D eigenvalue weighted by atomic mass is 35.5. The van der Waals surface area contributed by atoms with Crippen molar-refractivity contribution >= 4 is 17.5 Å². The molecule has 0 aliphatic heterocycles. The van der Waals surface area contributed by atoms with E-state index in [4.69, 9.17) is 11.6 Å². The minimum absolute atomic E-state index is 0.0239. The van der Waals surface area contributed by atoms with Gasteiger partial charge in [-0.3, -0.25) is 4.79 Å². The third kappa shape index (κ3) is 4.38. The lowest BCUT2D eigenvalue weighted by Gasteiger charge is -2.36. The van der Waals surface area contributed by atoms with Crippen LogP contribution < -0.4 is 0 Å². The lowest BCUT2D eigenvalue weighted by atomic mass is 9.72. The first kappa shape index (κ1) is 16.3. The second kappa shape index (κ2) is 6.60. The minimum Gasteiger partial charge on any atom is -0.338 e. The smallest absolute Gasteiger partial charge is 0.241 e. The molecule has 0 bridgehead atoms. The molecule has 2 unspecified atom stereocenters. The minimum atomic E-state index is -0.463. The Morgan fingerprint density at radius 3 is 2.79 bits per heavy atom. The van der Waals surface area contributed by atoms with E-state index in [1.54, 1.807) is 11.0 Å². The molecule has 1 rings (SSSR count). The summed E-state index contributed by atoms with van der Waals surface area (Å²) in [5.41, 5.74) is 1.57. The maximum Gasteiger partial charge on any atom is 0.241 e. The highest BCUT2D eigenvalue weighted by Gasteiger charge is 2.35. The summed E-state index contributed by atoms with van der Waals surface area (Å²) in [4.78, 5) is 14.2. The van der Waals surface area contributed by atoms with Crippen LogP contribution in [0.25, 0.3) is 0 Å². The quantitative estimate of drug-likeness (QED) is 0.551. The van der Waals surface area contributed by atoms with Gasteiger partial charge in [0.1, 0.15) is 5.38 Å². The molecule has 0 heterocycles. The molecule has 0 spiro atoms. The van der Waals surface area contributed by atoms with Crippen LogP contribution in [0.15, 0.2) is 24.3 Å². The number of hydrogen-bond donors (Lipinski definition) is 0. The van der Waals surface area contributed by atoms with Gasteiger partial charge in [-0.1, -0.05) is 31.6 Å². The third-order valence-corrected chi connectivity index (χ3v) is 4.21. The van der Waals surface area contributed by atoms with Crippen LogP contribution in [-0.4, -0.2) is 29.3 Å². The highest BCUT2D eigenvalue weighted by Crippen LogP contribution is 2.40. The molecule has 3 heteroatoms. The first-order chi connectivity index (χ1) is 8.80. The monoisotopic (exact) mass is 283 g/mol. The van der Waals surface area contributed by atoms with Gasteiger partial charge in [-0.15, -0.1) is 18.2 Å². The van der Waals surface area contributed by atoms with Gasteiger partial charge in [0.05, 0.1) is 0 Å². The van der Waals surface area contributed by atoms with E-state index in [-0.39, 0.29) is 17.2 Å². The first-order valence-corrected chi connectivity index (χ1v) is 7.45. The summed E-state index contributed by atoms with van der Waals surface area (Å²) < 4.78 is 0. The Hall–Kier alpha value is -0.760. The molecular weight excluding hydrogens is 258 g/mol. The Morgan fingerprint density at radius 2 is 2.32 bits per heavy atom. The molecule has 0 aromatic heterocycles. The Morgan fingerprint density at radius 1 is 1.68 bits per heavy atom. The molecule has 1 aliphatic carbocycles. The second-order valence-electron chi connectivity index (χ2n) is 6.29. The number of nitrogens with zero attached hydrogens (tertiary/aromatic N) is 1. The Kier molecular flexibility index (Phi) is 5.66. The molecule has 0 aromatic rings. The summed E-state index contributed by atoms with van der Waals surface area (Å²) >= 11 is 6.44. The van der Waals surface area contributed by atoms with Crippen LogP contribution in [0, 0.1) is 11.3 Å². The van der Waals surface area contributed by atoms with Crippen LogP contribution in [0.5, 0.6) is 0 Å². The maximum atomic E-state index is 12.4. The SMILES string of the molecule is C=CCN(CC)C(=O)C(Cl)C1C=C(C)CC(C)(C)C1. The summed E-state index contributed by atoms with van der Waals surface area (Å²) in [5, 5.41) is -0.463. The van der Waals surface area contributed by atoms with Crippen molar-refractivity contribution in [3.8, 4) is 0 Å². The van der Waals surface area contributed by atoms with Gasteiger partial charge in [0.25, 0.3) is 0 Å². The van der Waals surface area contributed by atoms with Crippen molar-refractivity contribution in [1.82, 2.24) is 4.90 Å². The summed E-state index contributed by atoms with van der Waals surface area (Å²) in [7, 11) is 0. The lowest BCUT2D eigenvalue weighted by molar-refractivity contribution is -0.131. The summed E-state index contributed by atoms with van der Waals surface area (Å²) in [6.07, 6.45) is 5.99. The Labute approximate surface area is 122 Å². The van der Waals surface area contributed by atoms with Gasteiger partial charge in [-0.05, 0) is 32.1 Å². The number of halogens is 1. The molecule has 0 aromatic carbocycles. The van der Waals surface area contributed by atoms with E-state index in [2.05, 4.69) is 33.4 Å². The van der Waals surface area contributed by atoms with Gasteiger partial charge in [0.2, 0.25) is 5.91 Å². The van der Waals surface area contributed by atoms with Crippen molar-refractivity contribution in [2.45, 2.75) is 45.9 Å². The van der Waals surface area contributed by atoms with Crippen LogP contribution in [0.3, 0.4) is 0 Å². The summed E-state index contributed by atoms with van der Waals surface area (Å²) in [6.45, 7) is 13.5. The van der Waals surface area contributed by atoms with Crippen molar-refractivity contribution in [3.63, 3.8) is 0 Å². The van der Waals surface area contributed by atoms with E-state index >= 15 is 0 Å². The summed E-state index contributed by atoms with van der Waals surface area (Å²) in [5.74, 6) is 0.160. The van der Waals surface area contributed by atoms with E-state index in [0.717, 1.165) is 12.8 Å². The predicted octanol–water partition coefficient (Wildman–Crippen LogP) is 4.01. The number of carbonyl (C=O) groups excluding carboxylic acids is 1. The predicted molar refractivity (Wildman–Crippen MR) is 82.4 cm³/mol. The van der Waals surface area contributed by atoms with Crippen molar-refractivity contribution in [3.05, 3.63) is 24.3 Å². The Balaban J connectivity index is 2.81. The fourth-order valence-corrected chi connectivity index (χ4v) is 3.32. The molecule has 2 nitrogen and oxygen atoms in total. The largest absolute Gasteiger partial charge is 0.338 e. The zero-order valence-corrected chi connectivity index (χ0v) is 13.3. The normalized spacial score (nSPS) is 23.4. The van der Waals surface area contributed by atoms with Gasteiger partial charge in [0.15, 0.2) is 0 Å². The number of alkyl halides is 1. The van der Waals surface area contributed by atoms with Gasteiger partial charge >= 0.3 is 0 Å². The van der Waals surface area contributed by atoms with E-state index < -0.39 is 5.38 Å². The molecular formula is C16H26ClNO. The topological polar surface area (TPSA) is 20.3 Å². The van der Waals surface area contributed by atoms with Crippen molar-refractivity contribution in [2.24, 2.45) is 11.3 Å². The van der Waals surface area contributed by atoms with Crippen LogP contribution in [0.4, 0.5) is 0 Å². The Bertz CT molecular complexity index is 373. The van der Waals surface area contributed by atoms with Crippen LogP contribution >= 0.6 is 11.6 Å². The lowest BCUT2D eigenvalue weighted by Crippen LogP contribution is -2.41. The molecule has 0 saturated carbocycles. The fraction of sp³-hybridized carbons (Fsp3) is 0.688. The number of carbonyl (C=O) groups is 1. The number of allylic oxidation sites excluding steroid dienone is 2. The molecule has 108 valence electrons. The van der Waals surface area contributed by atoms with E-state index in [1.165, 1.54) is 5.57 Å². The van der Waals surface area contributed by atoms with E-state index in [9.17, 15) is 4.79 Å². The molecule has 0 radical (unpaired) electrons. The molecule has 0 N–H and O–H groups in total. The number of amides is 1. The van der Waals surface area contributed by atoms with Crippen molar-refractivity contribution in [2.75, 3.05) is 13.1 Å². The average Bonchev–Trinajstić information content (AvgIpc) is 2.31. The number of likely N-dealkylation sites (N-methyl/N-ethyl adjacent to an activating group) is 1. The summed E-state index contributed by atoms with van der Waals surface area (Å²) in [6, 6.07) is 0.